The number of nitrogens with one attached hydrogen (secondary N) is 1. The van der Waals surface area contributed by atoms with Crippen molar-refractivity contribution in [2.75, 3.05) is 0 Å². The maximum absolute atomic E-state index is 9.94. The second kappa shape index (κ2) is 5.62. The molecule has 0 aliphatic carbocycles. The van der Waals surface area contributed by atoms with E-state index >= 15 is 0 Å². The third kappa shape index (κ3) is 4.99. The lowest BCUT2D eigenvalue weighted by Crippen LogP contribution is -2.41. The number of phenolic OH excluding ortho intramolecular Hbond substituents is 1. The third-order valence-electron chi connectivity index (χ3n) is 2.80. The molecule has 102 valence electrons. The van der Waals surface area contributed by atoms with Crippen molar-refractivity contribution in [3.8, 4) is 5.75 Å². The summed E-state index contributed by atoms with van der Waals surface area (Å²) in [7, 11) is 0. The molecule has 0 saturated heterocycles. The maximum Gasteiger partial charge on any atom is 0.134 e. The molecule has 1 aromatic rings. The van der Waals surface area contributed by atoms with Crippen molar-refractivity contribution >= 4 is 15.9 Å². The fraction of sp³-hybridized carbons (Fsp3) is 0.600. The van der Waals surface area contributed by atoms with Gasteiger partial charge in [-0.1, -0.05) is 32.9 Å². The number of rotatable bonds is 4. The Morgan fingerprint density at radius 1 is 1.17 bits per heavy atom. The third-order valence-corrected chi connectivity index (χ3v) is 3.44. The van der Waals surface area contributed by atoms with Gasteiger partial charge in [-0.25, -0.2) is 0 Å². The van der Waals surface area contributed by atoms with Crippen LogP contribution in [0.3, 0.4) is 0 Å². The molecule has 0 aliphatic heterocycles. The van der Waals surface area contributed by atoms with E-state index in [4.69, 9.17) is 0 Å². The van der Waals surface area contributed by atoms with Crippen LogP contribution in [0.4, 0.5) is 0 Å². The van der Waals surface area contributed by atoms with Gasteiger partial charge in [0.2, 0.25) is 0 Å². The molecular weight excluding hydrogens is 290 g/mol. The summed E-state index contributed by atoms with van der Waals surface area (Å²) >= 11 is 3.34. The Hall–Kier alpha value is -0.540. The molecule has 1 rings (SSSR count). The predicted octanol–water partition coefficient (Wildman–Crippen LogP) is 4.46. The minimum absolute atomic E-state index is 0.0486. The first-order valence-corrected chi connectivity index (χ1v) is 7.11. The lowest BCUT2D eigenvalue weighted by molar-refractivity contribution is 0.240. The summed E-state index contributed by atoms with van der Waals surface area (Å²) in [6, 6.07) is 5.73. The molecule has 18 heavy (non-hydrogen) atoms. The van der Waals surface area contributed by atoms with Crippen LogP contribution in [0.25, 0.3) is 0 Å². The topological polar surface area (TPSA) is 32.3 Å². The Kier molecular flexibility index (Phi) is 4.84. The maximum atomic E-state index is 9.94. The molecule has 0 amide bonds. The molecular formula is C15H24BrNO. The molecule has 3 heteroatoms. The van der Waals surface area contributed by atoms with E-state index in [2.05, 4.69) is 55.9 Å². The van der Waals surface area contributed by atoms with E-state index in [9.17, 15) is 5.11 Å². The van der Waals surface area contributed by atoms with Crippen LogP contribution >= 0.6 is 15.9 Å². The van der Waals surface area contributed by atoms with Gasteiger partial charge in [0, 0.05) is 17.6 Å². The van der Waals surface area contributed by atoms with E-state index in [1.165, 1.54) is 0 Å². The summed E-state index contributed by atoms with van der Waals surface area (Å²) in [5.41, 5.74) is 1.26. The number of benzene rings is 1. The number of hydrogen-bond donors (Lipinski definition) is 2. The monoisotopic (exact) mass is 313 g/mol. The number of hydrogen-bond acceptors (Lipinski definition) is 2. The van der Waals surface area contributed by atoms with Crippen LogP contribution in [0.2, 0.25) is 0 Å². The second-order valence-electron chi connectivity index (χ2n) is 6.72. The highest BCUT2D eigenvalue weighted by Gasteiger charge is 2.25. The zero-order valence-electron chi connectivity index (χ0n) is 12.0. The lowest BCUT2D eigenvalue weighted by Gasteiger charge is -2.33. The van der Waals surface area contributed by atoms with Gasteiger partial charge in [-0.05, 0) is 47.7 Å². The molecule has 0 aromatic heterocycles. The average Bonchev–Trinajstić information content (AvgIpc) is 2.17. The van der Waals surface area contributed by atoms with E-state index in [1.54, 1.807) is 0 Å². The molecule has 2 nitrogen and oxygen atoms in total. The average molecular weight is 314 g/mol. The quantitative estimate of drug-likeness (QED) is 0.860. The molecule has 0 unspecified atom stereocenters. The van der Waals surface area contributed by atoms with Gasteiger partial charge in [-0.3, -0.25) is 0 Å². The Balaban J connectivity index is 2.67. The van der Waals surface area contributed by atoms with Crippen molar-refractivity contribution in [3.05, 3.63) is 28.2 Å². The number of aromatic hydroxyl groups is 1. The Morgan fingerprint density at radius 3 is 2.33 bits per heavy atom. The van der Waals surface area contributed by atoms with Crippen LogP contribution < -0.4 is 5.32 Å². The molecule has 0 heterocycles. The molecule has 0 saturated carbocycles. The molecule has 0 atom stereocenters. The van der Waals surface area contributed by atoms with E-state index in [0.717, 1.165) is 16.5 Å². The largest absolute Gasteiger partial charge is 0.506 e. The minimum Gasteiger partial charge on any atom is -0.506 e. The van der Waals surface area contributed by atoms with Crippen LogP contribution in [-0.2, 0) is 6.54 Å². The van der Waals surface area contributed by atoms with Gasteiger partial charge in [-0.2, -0.15) is 0 Å². The van der Waals surface area contributed by atoms with Crippen LogP contribution in [0.15, 0.2) is 22.7 Å². The van der Waals surface area contributed by atoms with Gasteiger partial charge in [0.1, 0.15) is 5.75 Å². The Bertz CT molecular complexity index is 407. The highest BCUT2D eigenvalue weighted by atomic mass is 79.9. The van der Waals surface area contributed by atoms with Crippen LogP contribution in [0.1, 0.15) is 46.6 Å². The summed E-state index contributed by atoms with van der Waals surface area (Å²) in [5.74, 6) is 0.330. The Morgan fingerprint density at radius 2 is 1.78 bits per heavy atom. The smallest absolute Gasteiger partial charge is 0.134 e. The summed E-state index contributed by atoms with van der Waals surface area (Å²) in [4.78, 5) is 0. The van der Waals surface area contributed by atoms with Crippen LogP contribution in [0.5, 0.6) is 5.75 Å². The van der Waals surface area contributed by atoms with Gasteiger partial charge in [0.25, 0.3) is 0 Å². The van der Waals surface area contributed by atoms with Crippen molar-refractivity contribution in [2.24, 2.45) is 5.41 Å². The van der Waals surface area contributed by atoms with Gasteiger partial charge < -0.3 is 10.4 Å². The number of para-hydroxylation sites is 1. The van der Waals surface area contributed by atoms with Crippen LogP contribution in [-0.4, -0.2) is 10.6 Å². The first kappa shape index (κ1) is 15.5. The first-order valence-electron chi connectivity index (χ1n) is 6.32. The predicted molar refractivity (Wildman–Crippen MR) is 80.8 cm³/mol. The van der Waals surface area contributed by atoms with Gasteiger partial charge in [0.15, 0.2) is 0 Å². The van der Waals surface area contributed by atoms with Crippen molar-refractivity contribution in [3.63, 3.8) is 0 Å². The van der Waals surface area contributed by atoms with E-state index in [1.807, 2.05) is 18.2 Å². The van der Waals surface area contributed by atoms with Gasteiger partial charge in [-0.15, -0.1) is 0 Å². The first-order chi connectivity index (χ1) is 8.11. The standard InChI is InChI=1S/C15H24BrNO/c1-14(2,3)10-15(4,5)17-9-11-7-6-8-12(16)13(11)18/h6-8,17-18H,9-10H2,1-5H3. The molecule has 0 aliphatic rings. The van der Waals surface area contributed by atoms with Gasteiger partial charge >= 0.3 is 0 Å². The van der Waals surface area contributed by atoms with Crippen molar-refractivity contribution in [1.29, 1.82) is 0 Å². The highest BCUT2D eigenvalue weighted by Crippen LogP contribution is 2.30. The molecule has 0 radical (unpaired) electrons. The minimum atomic E-state index is 0.0486. The summed E-state index contributed by atoms with van der Waals surface area (Å²) in [6.45, 7) is 11.8. The van der Waals surface area contributed by atoms with Crippen molar-refractivity contribution < 1.29 is 5.11 Å². The fourth-order valence-corrected chi connectivity index (χ4v) is 2.83. The van der Waals surface area contributed by atoms with E-state index in [-0.39, 0.29) is 11.0 Å². The van der Waals surface area contributed by atoms with E-state index in [0.29, 0.717) is 12.3 Å². The van der Waals surface area contributed by atoms with Crippen molar-refractivity contribution in [2.45, 2.75) is 53.1 Å². The van der Waals surface area contributed by atoms with E-state index < -0.39 is 0 Å². The van der Waals surface area contributed by atoms with Crippen LogP contribution in [0, 0.1) is 5.41 Å². The van der Waals surface area contributed by atoms with Gasteiger partial charge in [0.05, 0.1) is 4.47 Å². The fourth-order valence-electron chi connectivity index (χ4n) is 2.43. The zero-order valence-corrected chi connectivity index (χ0v) is 13.6. The SMILES string of the molecule is CC(C)(C)CC(C)(C)NCc1cccc(Br)c1O. The normalized spacial score (nSPS) is 12.8. The lowest BCUT2D eigenvalue weighted by atomic mass is 9.82. The molecule has 2 N–H and O–H groups in total. The summed E-state index contributed by atoms with van der Waals surface area (Å²) in [5, 5.41) is 13.5. The zero-order chi connectivity index (χ0) is 14.0. The number of halogens is 1. The molecule has 0 fully saturated rings. The van der Waals surface area contributed by atoms with Crippen molar-refractivity contribution in [1.82, 2.24) is 5.32 Å². The Labute approximate surface area is 119 Å². The summed E-state index contributed by atoms with van der Waals surface area (Å²) in [6.07, 6.45) is 1.08. The second-order valence-corrected chi connectivity index (χ2v) is 7.58. The molecule has 0 bridgehead atoms. The number of phenols is 1. The molecule has 1 aromatic carbocycles. The highest BCUT2D eigenvalue weighted by molar-refractivity contribution is 9.10. The molecule has 0 spiro atoms. The summed E-state index contributed by atoms with van der Waals surface area (Å²) < 4.78 is 0.746.